The van der Waals surface area contributed by atoms with Crippen molar-refractivity contribution in [1.82, 2.24) is 15.1 Å². The van der Waals surface area contributed by atoms with Crippen LogP contribution in [0.25, 0.3) is 0 Å². The van der Waals surface area contributed by atoms with Gasteiger partial charge in [0.15, 0.2) is 0 Å². The highest BCUT2D eigenvalue weighted by Gasteiger charge is 2.34. The van der Waals surface area contributed by atoms with Gasteiger partial charge in [0.1, 0.15) is 0 Å². The van der Waals surface area contributed by atoms with Crippen LogP contribution in [0, 0.1) is 0 Å². The van der Waals surface area contributed by atoms with Gasteiger partial charge >= 0.3 is 0 Å². The van der Waals surface area contributed by atoms with Gasteiger partial charge in [-0.15, -0.1) is 0 Å². The maximum atomic E-state index is 3.75. The fraction of sp³-hybridized carbons (Fsp3) is 1.00. The Balaban J connectivity index is 1.84. The first-order valence-corrected chi connectivity index (χ1v) is 8.88. The summed E-state index contributed by atoms with van der Waals surface area (Å²) in [5, 5.41) is 3.75. The normalized spacial score (nSPS) is 30.4. The summed E-state index contributed by atoms with van der Waals surface area (Å²) >= 11 is 0. The Hall–Kier alpha value is -0.120. The highest BCUT2D eigenvalue weighted by atomic mass is 15.3. The maximum Gasteiger partial charge on any atom is 0.0224 e. The Kier molecular flexibility index (Phi) is 6.31. The van der Waals surface area contributed by atoms with Crippen LogP contribution in [0.15, 0.2) is 0 Å². The van der Waals surface area contributed by atoms with Crippen LogP contribution in [0.3, 0.4) is 0 Å². The first-order valence-electron chi connectivity index (χ1n) is 8.88. The lowest BCUT2D eigenvalue weighted by Gasteiger charge is -2.49. The SMILES string of the molecule is CCC(CC)NCC(C)N1CC2CCCCN2CC1C. The summed E-state index contributed by atoms with van der Waals surface area (Å²) in [4.78, 5) is 5.49. The monoisotopic (exact) mass is 281 g/mol. The molecule has 0 aliphatic carbocycles. The summed E-state index contributed by atoms with van der Waals surface area (Å²) in [6.45, 7) is 14.4. The van der Waals surface area contributed by atoms with Crippen molar-refractivity contribution < 1.29 is 0 Å². The van der Waals surface area contributed by atoms with E-state index in [1.54, 1.807) is 0 Å². The van der Waals surface area contributed by atoms with Crippen LogP contribution in [0.4, 0.5) is 0 Å². The van der Waals surface area contributed by atoms with Gasteiger partial charge in [-0.1, -0.05) is 20.3 Å². The second kappa shape index (κ2) is 7.77. The van der Waals surface area contributed by atoms with E-state index < -0.39 is 0 Å². The second-order valence-corrected chi connectivity index (χ2v) is 6.96. The molecular formula is C17H35N3. The van der Waals surface area contributed by atoms with Gasteiger partial charge in [0.25, 0.3) is 0 Å². The molecule has 2 rings (SSSR count). The standard InChI is InChI=1S/C17H35N3/c1-5-16(6-2)18-11-14(3)20-13-17-9-7-8-10-19(17)12-15(20)4/h14-18H,5-13H2,1-4H3. The molecule has 2 heterocycles. The lowest BCUT2D eigenvalue weighted by atomic mass is 9.96. The quantitative estimate of drug-likeness (QED) is 0.807. The molecule has 0 bridgehead atoms. The molecule has 1 N–H and O–H groups in total. The van der Waals surface area contributed by atoms with Gasteiger partial charge in [-0.05, 0) is 46.1 Å². The Bertz CT molecular complexity index is 277. The van der Waals surface area contributed by atoms with Gasteiger partial charge in [-0.25, -0.2) is 0 Å². The van der Waals surface area contributed by atoms with Gasteiger partial charge < -0.3 is 5.32 Å². The molecule has 20 heavy (non-hydrogen) atoms. The van der Waals surface area contributed by atoms with Crippen molar-refractivity contribution in [2.75, 3.05) is 26.2 Å². The minimum atomic E-state index is 0.662. The molecule has 0 aromatic carbocycles. The Morgan fingerprint density at radius 2 is 1.90 bits per heavy atom. The van der Waals surface area contributed by atoms with Gasteiger partial charge in [-0.3, -0.25) is 9.80 Å². The number of fused-ring (bicyclic) bond motifs is 1. The number of nitrogens with one attached hydrogen (secondary N) is 1. The van der Waals surface area contributed by atoms with E-state index in [0.29, 0.717) is 18.1 Å². The molecular weight excluding hydrogens is 246 g/mol. The summed E-state index contributed by atoms with van der Waals surface area (Å²) in [7, 11) is 0. The van der Waals surface area contributed by atoms with Gasteiger partial charge in [0.2, 0.25) is 0 Å². The van der Waals surface area contributed by atoms with Crippen molar-refractivity contribution in [1.29, 1.82) is 0 Å². The van der Waals surface area contributed by atoms with Crippen LogP contribution in [0.1, 0.15) is 59.8 Å². The lowest BCUT2D eigenvalue weighted by molar-refractivity contribution is -0.00423. The second-order valence-electron chi connectivity index (χ2n) is 6.96. The van der Waals surface area contributed by atoms with Crippen molar-refractivity contribution in [2.45, 2.75) is 84.0 Å². The largest absolute Gasteiger partial charge is 0.312 e. The van der Waals surface area contributed by atoms with E-state index in [1.165, 1.54) is 51.7 Å². The molecule has 3 nitrogen and oxygen atoms in total. The van der Waals surface area contributed by atoms with Crippen molar-refractivity contribution in [3.8, 4) is 0 Å². The van der Waals surface area contributed by atoms with Gasteiger partial charge in [0, 0.05) is 43.8 Å². The molecule has 2 fully saturated rings. The Morgan fingerprint density at radius 3 is 2.60 bits per heavy atom. The number of piperazine rings is 1. The van der Waals surface area contributed by atoms with Crippen LogP contribution in [-0.4, -0.2) is 60.1 Å². The molecule has 0 aromatic heterocycles. The molecule has 0 radical (unpaired) electrons. The smallest absolute Gasteiger partial charge is 0.0224 e. The Labute approximate surface area is 126 Å². The minimum Gasteiger partial charge on any atom is -0.312 e. The van der Waals surface area contributed by atoms with Crippen LogP contribution in [0.5, 0.6) is 0 Å². The zero-order valence-electron chi connectivity index (χ0n) is 14.1. The van der Waals surface area contributed by atoms with E-state index in [0.717, 1.165) is 12.6 Å². The molecule has 3 unspecified atom stereocenters. The average molecular weight is 281 g/mol. The van der Waals surface area contributed by atoms with Crippen LogP contribution in [0.2, 0.25) is 0 Å². The molecule has 0 saturated carbocycles. The molecule has 3 atom stereocenters. The molecule has 0 spiro atoms. The number of hydrogen-bond donors (Lipinski definition) is 1. The summed E-state index contributed by atoms with van der Waals surface area (Å²) in [5.74, 6) is 0. The van der Waals surface area contributed by atoms with Crippen LogP contribution in [-0.2, 0) is 0 Å². The first kappa shape index (κ1) is 16.3. The molecule has 2 saturated heterocycles. The number of piperidine rings is 1. The topological polar surface area (TPSA) is 18.5 Å². The predicted molar refractivity (Wildman–Crippen MR) is 87.2 cm³/mol. The number of rotatable bonds is 6. The summed E-state index contributed by atoms with van der Waals surface area (Å²) in [6, 6.07) is 2.90. The highest BCUT2D eigenvalue weighted by molar-refractivity contribution is 4.91. The summed E-state index contributed by atoms with van der Waals surface area (Å²) in [5.41, 5.74) is 0. The first-order chi connectivity index (χ1) is 9.65. The average Bonchev–Trinajstić information content (AvgIpc) is 2.47. The molecule has 3 heteroatoms. The summed E-state index contributed by atoms with van der Waals surface area (Å²) in [6.07, 6.45) is 6.75. The van der Waals surface area contributed by atoms with E-state index in [1.807, 2.05) is 0 Å². The van der Waals surface area contributed by atoms with E-state index in [2.05, 4.69) is 42.8 Å². The van der Waals surface area contributed by atoms with Crippen molar-refractivity contribution in [2.24, 2.45) is 0 Å². The Morgan fingerprint density at radius 1 is 1.15 bits per heavy atom. The molecule has 2 aliphatic rings. The molecule has 0 amide bonds. The summed E-state index contributed by atoms with van der Waals surface area (Å²) < 4.78 is 0. The third kappa shape index (κ3) is 3.96. The third-order valence-electron chi connectivity index (χ3n) is 5.49. The molecule has 2 aliphatic heterocycles. The maximum absolute atomic E-state index is 3.75. The predicted octanol–water partition coefficient (Wildman–Crippen LogP) is 2.71. The molecule has 0 aromatic rings. The van der Waals surface area contributed by atoms with Crippen LogP contribution < -0.4 is 5.32 Å². The van der Waals surface area contributed by atoms with Gasteiger partial charge in [-0.2, -0.15) is 0 Å². The lowest BCUT2D eigenvalue weighted by Crippen LogP contribution is -2.62. The highest BCUT2D eigenvalue weighted by Crippen LogP contribution is 2.25. The fourth-order valence-electron chi connectivity index (χ4n) is 4.02. The van der Waals surface area contributed by atoms with Crippen molar-refractivity contribution >= 4 is 0 Å². The van der Waals surface area contributed by atoms with Crippen molar-refractivity contribution in [3.63, 3.8) is 0 Å². The zero-order valence-corrected chi connectivity index (χ0v) is 14.1. The van der Waals surface area contributed by atoms with Crippen LogP contribution >= 0.6 is 0 Å². The fourth-order valence-corrected chi connectivity index (χ4v) is 4.02. The van der Waals surface area contributed by atoms with Crippen molar-refractivity contribution in [3.05, 3.63) is 0 Å². The van der Waals surface area contributed by atoms with E-state index in [4.69, 9.17) is 0 Å². The minimum absolute atomic E-state index is 0.662. The van der Waals surface area contributed by atoms with E-state index in [9.17, 15) is 0 Å². The van der Waals surface area contributed by atoms with E-state index in [-0.39, 0.29) is 0 Å². The third-order valence-corrected chi connectivity index (χ3v) is 5.49. The zero-order chi connectivity index (χ0) is 14.5. The number of nitrogens with zero attached hydrogens (tertiary/aromatic N) is 2. The molecule has 118 valence electrons. The van der Waals surface area contributed by atoms with E-state index >= 15 is 0 Å². The number of hydrogen-bond acceptors (Lipinski definition) is 3. The van der Waals surface area contributed by atoms with Gasteiger partial charge in [0.05, 0.1) is 0 Å².